The van der Waals surface area contributed by atoms with Gasteiger partial charge < -0.3 is 14.4 Å². The number of carbonyl (C=O) groups excluding carboxylic acids is 1. The maximum Gasteiger partial charge on any atom is 0.219 e. The van der Waals surface area contributed by atoms with Gasteiger partial charge in [-0.3, -0.25) is 14.7 Å². The fourth-order valence-corrected chi connectivity index (χ4v) is 4.26. The highest BCUT2D eigenvalue weighted by Crippen LogP contribution is 2.29. The van der Waals surface area contributed by atoms with Gasteiger partial charge in [-0.15, -0.1) is 0 Å². The Morgan fingerprint density at radius 2 is 1.85 bits per heavy atom. The van der Waals surface area contributed by atoms with Crippen molar-refractivity contribution in [2.75, 3.05) is 19.6 Å². The standard InChI is InChI=1S/C28H33N3O3/c1-21(2)34-26-12-10-24(11-13-26)28-19-30(22(3)32)15-16-31(28)18-23-7-6-9-27(17-23)33-20-25-8-4-5-14-29-25/h4-14,17,21,28H,15-16,18-20H2,1-3H3/t28-/m1/s1. The van der Waals surface area contributed by atoms with Crippen molar-refractivity contribution < 1.29 is 14.3 Å². The normalized spacial score (nSPS) is 16.5. The smallest absolute Gasteiger partial charge is 0.219 e. The molecule has 4 rings (SSSR count). The average molecular weight is 460 g/mol. The molecule has 0 aliphatic carbocycles. The molecule has 2 aromatic carbocycles. The maximum atomic E-state index is 12.1. The molecule has 34 heavy (non-hydrogen) atoms. The summed E-state index contributed by atoms with van der Waals surface area (Å²) >= 11 is 0. The molecular weight excluding hydrogens is 426 g/mol. The van der Waals surface area contributed by atoms with Gasteiger partial charge in [0.05, 0.1) is 17.8 Å². The van der Waals surface area contributed by atoms with E-state index in [0.29, 0.717) is 13.2 Å². The molecule has 178 valence electrons. The Balaban J connectivity index is 1.48. The van der Waals surface area contributed by atoms with E-state index in [0.717, 1.165) is 36.8 Å². The Kier molecular flexibility index (Phi) is 7.80. The van der Waals surface area contributed by atoms with Crippen molar-refractivity contribution >= 4 is 5.91 Å². The number of rotatable bonds is 8. The molecule has 1 saturated heterocycles. The molecule has 3 aromatic rings. The van der Waals surface area contributed by atoms with Gasteiger partial charge in [0.1, 0.15) is 18.1 Å². The predicted octanol–water partition coefficient (Wildman–Crippen LogP) is 4.85. The minimum atomic E-state index is 0.115. The van der Waals surface area contributed by atoms with Crippen LogP contribution in [0.4, 0.5) is 0 Å². The summed E-state index contributed by atoms with van der Waals surface area (Å²) in [5.74, 6) is 1.81. The lowest BCUT2D eigenvalue weighted by Crippen LogP contribution is -2.49. The number of ether oxygens (including phenoxy) is 2. The topological polar surface area (TPSA) is 54.9 Å². The number of carbonyl (C=O) groups is 1. The molecule has 1 aliphatic rings. The highest BCUT2D eigenvalue weighted by Gasteiger charge is 2.29. The Hall–Kier alpha value is -3.38. The van der Waals surface area contributed by atoms with Gasteiger partial charge >= 0.3 is 0 Å². The second-order valence-corrected chi connectivity index (χ2v) is 8.94. The molecule has 1 aliphatic heterocycles. The van der Waals surface area contributed by atoms with Gasteiger partial charge in [0.25, 0.3) is 0 Å². The van der Waals surface area contributed by atoms with Crippen molar-refractivity contribution in [3.63, 3.8) is 0 Å². The van der Waals surface area contributed by atoms with Crippen molar-refractivity contribution in [1.29, 1.82) is 0 Å². The number of pyridine rings is 1. The zero-order valence-electron chi connectivity index (χ0n) is 20.2. The van der Waals surface area contributed by atoms with Crippen LogP contribution in [0, 0.1) is 0 Å². The van der Waals surface area contributed by atoms with Crippen LogP contribution in [0.15, 0.2) is 72.9 Å². The lowest BCUT2D eigenvalue weighted by atomic mass is 10.0. The fourth-order valence-electron chi connectivity index (χ4n) is 4.26. The van der Waals surface area contributed by atoms with E-state index in [4.69, 9.17) is 9.47 Å². The number of piperazine rings is 1. The first-order chi connectivity index (χ1) is 16.5. The molecule has 6 heteroatoms. The molecule has 0 N–H and O–H groups in total. The summed E-state index contributed by atoms with van der Waals surface area (Å²) in [7, 11) is 0. The quantitative estimate of drug-likeness (QED) is 0.482. The molecule has 6 nitrogen and oxygen atoms in total. The number of aromatic nitrogens is 1. The molecule has 0 unspecified atom stereocenters. The first kappa shape index (κ1) is 23.8. The maximum absolute atomic E-state index is 12.1. The van der Waals surface area contributed by atoms with E-state index in [9.17, 15) is 4.79 Å². The summed E-state index contributed by atoms with van der Waals surface area (Å²) in [5.41, 5.74) is 3.27. The molecule has 1 amide bonds. The lowest BCUT2D eigenvalue weighted by molar-refractivity contribution is -0.132. The first-order valence-corrected chi connectivity index (χ1v) is 11.9. The van der Waals surface area contributed by atoms with Crippen LogP contribution in [-0.2, 0) is 17.9 Å². The lowest BCUT2D eigenvalue weighted by Gasteiger charge is -2.41. The van der Waals surface area contributed by atoms with Crippen molar-refractivity contribution in [2.24, 2.45) is 0 Å². The molecule has 0 saturated carbocycles. The van der Waals surface area contributed by atoms with E-state index in [1.807, 2.05) is 61.2 Å². The predicted molar refractivity (Wildman–Crippen MR) is 133 cm³/mol. The van der Waals surface area contributed by atoms with Crippen molar-refractivity contribution in [3.8, 4) is 11.5 Å². The SMILES string of the molecule is CC(=O)N1CCN(Cc2cccc(OCc3ccccn3)c2)[C@@H](c2ccc(OC(C)C)cc2)C1. The van der Waals surface area contributed by atoms with Gasteiger partial charge in [0.15, 0.2) is 0 Å². The van der Waals surface area contributed by atoms with E-state index in [2.05, 4.69) is 34.1 Å². The Morgan fingerprint density at radius 1 is 1.03 bits per heavy atom. The molecule has 0 radical (unpaired) electrons. The van der Waals surface area contributed by atoms with E-state index in [1.54, 1.807) is 13.1 Å². The van der Waals surface area contributed by atoms with Gasteiger partial charge in [-0.25, -0.2) is 0 Å². The van der Waals surface area contributed by atoms with Gasteiger partial charge in [0, 0.05) is 39.3 Å². The minimum Gasteiger partial charge on any atom is -0.491 e. The zero-order valence-corrected chi connectivity index (χ0v) is 20.2. The Morgan fingerprint density at radius 3 is 2.56 bits per heavy atom. The number of benzene rings is 2. The largest absolute Gasteiger partial charge is 0.491 e. The van der Waals surface area contributed by atoms with Crippen LogP contribution in [0.25, 0.3) is 0 Å². The highest BCUT2D eigenvalue weighted by molar-refractivity contribution is 5.73. The van der Waals surface area contributed by atoms with Crippen LogP contribution in [0.2, 0.25) is 0 Å². The monoisotopic (exact) mass is 459 g/mol. The van der Waals surface area contributed by atoms with Crippen LogP contribution < -0.4 is 9.47 Å². The third-order valence-electron chi connectivity index (χ3n) is 5.97. The van der Waals surface area contributed by atoms with Crippen LogP contribution >= 0.6 is 0 Å². The van der Waals surface area contributed by atoms with E-state index < -0.39 is 0 Å². The van der Waals surface area contributed by atoms with Gasteiger partial charge in [-0.05, 0) is 61.4 Å². The molecule has 0 bridgehead atoms. The van der Waals surface area contributed by atoms with Gasteiger partial charge in [0.2, 0.25) is 5.91 Å². The van der Waals surface area contributed by atoms with Gasteiger partial charge in [-0.2, -0.15) is 0 Å². The summed E-state index contributed by atoms with van der Waals surface area (Å²) in [6.45, 7) is 9.13. The second kappa shape index (κ2) is 11.2. The third kappa shape index (κ3) is 6.35. The van der Waals surface area contributed by atoms with Gasteiger partial charge in [-0.1, -0.05) is 30.3 Å². The number of hydrogen-bond acceptors (Lipinski definition) is 5. The molecule has 2 heterocycles. The van der Waals surface area contributed by atoms with Crippen molar-refractivity contribution in [2.45, 2.75) is 46.1 Å². The molecule has 1 atom stereocenters. The Bertz CT molecular complexity index is 1070. The van der Waals surface area contributed by atoms with Crippen LogP contribution in [0.1, 0.15) is 43.6 Å². The summed E-state index contributed by atoms with van der Waals surface area (Å²) in [6.07, 6.45) is 1.91. The van der Waals surface area contributed by atoms with Crippen molar-refractivity contribution in [1.82, 2.24) is 14.8 Å². The molecule has 1 aromatic heterocycles. The van der Waals surface area contributed by atoms with Crippen LogP contribution in [0.5, 0.6) is 11.5 Å². The first-order valence-electron chi connectivity index (χ1n) is 11.9. The summed E-state index contributed by atoms with van der Waals surface area (Å²) in [6, 6.07) is 22.4. The van der Waals surface area contributed by atoms with Crippen LogP contribution in [-0.4, -0.2) is 46.4 Å². The van der Waals surface area contributed by atoms with E-state index in [-0.39, 0.29) is 18.1 Å². The summed E-state index contributed by atoms with van der Waals surface area (Å²) in [4.78, 5) is 20.8. The van der Waals surface area contributed by atoms with E-state index in [1.165, 1.54) is 11.1 Å². The second-order valence-electron chi connectivity index (χ2n) is 8.94. The number of nitrogens with zero attached hydrogens (tertiary/aromatic N) is 3. The molecule has 0 spiro atoms. The van der Waals surface area contributed by atoms with Crippen molar-refractivity contribution in [3.05, 3.63) is 89.7 Å². The summed E-state index contributed by atoms with van der Waals surface area (Å²) in [5, 5.41) is 0. The third-order valence-corrected chi connectivity index (χ3v) is 5.97. The average Bonchev–Trinajstić information content (AvgIpc) is 2.84. The molecule has 1 fully saturated rings. The fraction of sp³-hybridized carbons (Fsp3) is 0.357. The Labute approximate surface area is 202 Å². The minimum absolute atomic E-state index is 0.115. The zero-order chi connectivity index (χ0) is 23.9. The summed E-state index contributed by atoms with van der Waals surface area (Å²) < 4.78 is 11.8. The van der Waals surface area contributed by atoms with Crippen LogP contribution in [0.3, 0.4) is 0 Å². The molecular formula is C28H33N3O3. The number of amides is 1. The number of hydrogen-bond donors (Lipinski definition) is 0. The highest BCUT2D eigenvalue weighted by atomic mass is 16.5. The van der Waals surface area contributed by atoms with E-state index >= 15 is 0 Å².